The van der Waals surface area contributed by atoms with Crippen molar-refractivity contribution >= 4 is 17.2 Å². The third-order valence-electron chi connectivity index (χ3n) is 5.57. The van der Waals surface area contributed by atoms with Crippen molar-refractivity contribution in [2.24, 2.45) is 0 Å². The first kappa shape index (κ1) is 17.7. The minimum atomic E-state index is -1.24. The summed E-state index contributed by atoms with van der Waals surface area (Å²) in [7, 11) is 0. The van der Waals surface area contributed by atoms with Crippen molar-refractivity contribution in [2.45, 2.75) is 38.3 Å². The average Bonchev–Trinajstić information content (AvgIpc) is 2.79. The summed E-state index contributed by atoms with van der Waals surface area (Å²) in [5, 5.41) is 22.8. The van der Waals surface area contributed by atoms with Crippen LogP contribution in [0.2, 0.25) is 0 Å². The van der Waals surface area contributed by atoms with Crippen molar-refractivity contribution in [2.75, 3.05) is 18.0 Å². The first-order valence-electron chi connectivity index (χ1n) is 9.44. The molecule has 2 aromatic rings. The number of nitro groups is 1. The topological polar surface area (TPSA) is 69.6 Å². The molecule has 0 radical (unpaired) electrons. The second kappa shape index (κ2) is 6.78. The van der Waals surface area contributed by atoms with E-state index in [0.717, 1.165) is 37.3 Å². The molecule has 0 aromatic heterocycles. The van der Waals surface area contributed by atoms with Gasteiger partial charge in [0, 0.05) is 24.1 Å². The molecule has 27 heavy (non-hydrogen) atoms. The summed E-state index contributed by atoms with van der Waals surface area (Å²) in [6.07, 6.45) is 4.33. The van der Waals surface area contributed by atoms with Crippen LogP contribution in [-0.2, 0) is 5.72 Å². The summed E-state index contributed by atoms with van der Waals surface area (Å²) in [5.74, 6) is 1.14. The molecule has 0 saturated carbocycles. The molecule has 6 nitrogen and oxygen atoms in total. The first-order chi connectivity index (χ1) is 13.0. The molecule has 0 spiro atoms. The predicted octanol–water partition coefficient (Wildman–Crippen LogP) is 3.55. The summed E-state index contributed by atoms with van der Waals surface area (Å²) in [6, 6.07) is 14.4. The van der Waals surface area contributed by atoms with E-state index in [4.69, 9.17) is 0 Å². The predicted molar refractivity (Wildman–Crippen MR) is 104 cm³/mol. The van der Waals surface area contributed by atoms with Crippen LogP contribution in [0.25, 0.3) is 0 Å². The molecule has 0 amide bonds. The van der Waals surface area contributed by atoms with Crippen LogP contribution >= 0.6 is 0 Å². The number of anilines is 1. The van der Waals surface area contributed by atoms with Gasteiger partial charge < -0.3 is 5.11 Å². The Hall–Kier alpha value is -2.73. The summed E-state index contributed by atoms with van der Waals surface area (Å²) < 4.78 is 2.27. The van der Waals surface area contributed by atoms with E-state index in [1.807, 2.05) is 36.1 Å². The molecule has 1 atom stereocenters. The van der Waals surface area contributed by atoms with Gasteiger partial charge in [0.05, 0.1) is 11.5 Å². The zero-order chi connectivity index (χ0) is 19.0. The summed E-state index contributed by atoms with van der Waals surface area (Å²) >= 11 is 0. The molecule has 0 fully saturated rings. The van der Waals surface area contributed by atoms with Crippen molar-refractivity contribution in [1.82, 2.24) is 0 Å². The normalized spacial score (nSPS) is 22.5. The van der Waals surface area contributed by atoms with Gasteiger partial charge in [0.1, 0.15) is 5.69 Å². The Morgan fingerprint density at radius 3 is 2.44 bits per heavy atom. The standard InChI is InChI=1S/C21H24N3O3/c1-16-6-10-18(11-7-16)23-20-5-3-2-4-14-22(20)15-21(23,25)17-8-12-19(13-9-17)24(26)27/h6-13,25H,2-5,14-15H2,1H3/q+1/t21-/m1/s1. The molecule has 2 aromatic carbocycles. The van der Waals surface area contributed by atoms with Gasteiger partial charge in [-0.2, -0.15) is 4.90 Å². The largest absolute Gasteiger partial charge is 0.346 e. The Morgan fingerprint density at radius 2 is 1.78 bits per heavy atom. The Morgan fingerprint density at radius 1 is 1.07 bits per heavy atom. The molecule has 2 aliphatic heterocycles. The molecule has 2 aliphatic rings. The smallest absolute Gasteiger partial charge is 0.275 e. The zero-order valence-electron chi connectivity index (χ0n) is 15.5. The van der Waals surface area contributed by atoms with Crippen molar-refractivity contribution in [1.29, 1.82) is 0 Å². The highest BCUT2D eigenvalue weighted by molar-refractivity contribution is 5.97. The van der Waals surface area contributed by atoms with E-state index < -0.39 is 10.6 Å². The Balaban J connectivity index is 1.80. The maximum Gasteiger partial charge on any atom is 0.275 e. The Bertz CT molecular complexity index is 890. The van der Waals surface area contributed by atoms with E-state index in [-0.39, 0.29) is 5.69 Å². The average molecular weight is 366 g/mol. The number of aryl methyl sites for hydroxylation is 1. The van der Waals surface area contributed by atoms with Gasteiger partial charge in [-0.05, 0) is 50.5 Å². The van der Waals surface area contributed by atoms with Gasteiger partial charge in [0.15, 0.2) is 6.54 Å². The van der Waals surface area contributed by atoms with Crippen LogP contribution in [0.5, 0.6) is 0 Å². The quantitative estimate of drug-likeness (QED) is 0.512. The maximum absolute atomic E-state index is 11.8. The number of non-ortho nitro benzene ring substituents is 1. The monoisotopic (exact) mass is 366 g/mol. The molecule has 4 rings (SSSR count). The van der Waals surface area contributed by atoms with Crippen molar-refractivity contribution in [3.8, 4) is 0 Å². The van der Waals surface area contributed by atoms with Crippen LogP contribution in [0.1, 0.15) is 36.8 Å². The van der Waals surface area contributed by atoms with Gasteiger partial charge in [0.2, 0.25) is 0 Å². The van der Waals surface area contributed by atoms with Crippen LogP contribution in [-0.4, -0.2) is 33.5 Å². The molecular weight excluding hydrogens is 342 g/mol. The van der Waals surface area contributed by atoms with E-state index in [2.05, 4.69) is 4.58 Å². The molecule has 0 saturated heterocycles. The van der Waals surface area contributed by atoms with Gasteiger partial charge in [-0.3, -0.25) is 14.7 Å². The minimum Gasteiger partial charge on any atom is -0.346 e. The fraction of sp³-hybridized carbons (Fsp3) is 0.381. The number of rotatable bonds is 3. The fourth-order valence-electron chi connectivity index (χ4n) is 4.15. The number of aliphatic hydroxyl groups is 1. The van der Waals surface area contributed by atoms with Crippen LogP contribution in [0.15, 0.2) is 48.5 Å². The highest BCUT2D eigenvalue weighted by Gasteiger charge is 2.54. The first-order valence-corrected chi connectivity index (χ1v) is 9.44. The molecule has 140 valence electrons. The van der Waals surface area contributed by atoms with Crippen LogP contribution in [0.4, 0.5) is 11.4 Å². The number of hydrogen-bond donors (Lipinski definition) is 1. The SMILES string of the molecule is Cc1ccc(N2C3=[N+](CCCCC3)C[C@@]2(O)c2ccc([N+](=O)[O-])cc2)cc1. The minimum absolute atomic E-state index is 0.0319. The van der Waals surface area contributed by atoms with Crippen molar-refractivity contribution < 1.29 is 14.6 Å². The third kappa shape index (κ3) is 3.10. The summed E-state index contributed by atoms with van der Waals surface area (Å²) in [4.78, 5) is 12.6. The van der Waals surface area contributed by atoms with E-state index in [0.29, 0.717) is 12.1 Å². The van der Waals surface area contributed by atoms with Crippen LogP contribution in [0, 0.1) is 17.0 Å². The molecule has 2 heterocycles. The number of hydrogen-bond acceptors (Lipinski definition) is 4. The van der Waals surface area contributed by atoms with Gasteiger partial charge in [-0.25, -0.2) is 0 Å². The van der Waals surface area contributed by atoms with Gasteiger partial charge in [0.25, 0.3) is 17.2 Å². The second-order valence-electron chi connectivity index (χ2n) is 7.44. The summed E-state index contributed by atoms with van der Waals surface area (Å²) in [5.41, 5.74) is 1.58. The van der Waals surface area contributed by atoms with E-state index in [9.17, 15) is 15.2 Å². The van der Waals surface area contributed by atoms with E-state index in [1.54, 1.807) is 12.1 Å². The number of benzene rings is 2. The molecule has 0 unspecified atom stereocenters. The van der Waals surface area contributed by atoms with Crippen molar-refractivity contribution in [3.63, 3.8) is 0 Å². The molecule has 6 heteroatoms. The number of amidine groups is 1. The Labute approximate surface area is 158 Å². The van der Waals surface area contributed by atoms with Gasteiger partial charge in [-0.15, -0.1) is 0 Å². The third-order valence-corrected chi connectivity index (χ3v) is 5.57. The summed E-state index contributed by atoms with van der Waals surface area (Å²) in [6.45, 7) is 3.43. The number of nitrogens with zero attached hydrogens (tertiary/aromatic N) is 3. The fourth-order valence-corrected chi connectivity index (χ4v) is 4.15. The van der Waals surface area contributed by atoms with Crippen LogP contribution in [0.3, 0.4) is 0 Å². The Kier molecular flexibility index (Phi) is 4.44. The molecule has 0 bridgehead atoms. The zero-order valence-corrected chi connectivity index (χ0v) is 15.5. The van der Waals surface area contributed by atoms with Gasteiger partial charge in [-0.1, -0.05) is 17.7 Å². The molecule has 0 aliphatic carbocycles. The van der Waals surface area contributed by atoms with E-state index in [1.165, 1.54) is 24.1 Å². The number of nitro benzene ring substituents is 1. The van der Waals surface area contributed by atoms with E-state index >= 15 is 0 Å². The lowest BCUT2D eigenvalue weighted by atomic mass is 9.99. The van der Waals surface area contributed by atoms with Gasteiger partial charge >= 0.3 is 0 Å². The lowest BCUT2D eigenvalue weighted by Crippen LogP contribution is -2.47. The lowest BCUT2D eigenvalue weighted by molar-refractivity contribution is -0.534. The lowest BCUT2D eigenvalue weighted by Gasteiger charge is -2.29. The maximum atomic E-state index is 11.8. The highest BCUT2D eigenvalue weighted by Crippen LogP contribution is 2.38. The second-order valence-corrected chi connectivity index (χ2v) is 7.44. The van der Waals surface area contributed by atoms with Crippen molar-refractivity contribution in [3.05, 3.63) is 69.8 Å². The molecular formula is C21H24N3O3+. The molecule has 1 N–H and O–H groups in total. The highest BCUT2D eigenvalue weighted by atomic mass is 16.6. The van der Waals surface area contributed by atoms with Crippen LogP contribution < -0.4 is 4.90 Å².